The minimum Gasteiger partial charge on any atom is -0.507 e. The third kappa shape index (κ3) is 2.48. The Morgan fingerprint density at radius 1 is 1.57 bits per heavy atom. The van der Waals surface area contributed by atoms with Crippen LogP contribution in [0, 0.1) is 0 Å². The second kappa shape index (κ2) is 5.00. The predicted octanol–water partition coefficient (Wildman–Crippen LogP) is 2.12. The highest BCUT2D eigenvalue weighted by atomic mass is 79.9. The van der Waals surface area contributed by atoms with Gasteiger partial charge in [-0.2, -0.15) is 0 Å². The lowest BCUT2D eigenvalue weighted by atomic mass is 10.1. The van der Waals surface area contributed by atoms with E-state index in [1.165, 1.54) is 7.11 Å². The lowest BCUT2D eigenvalue weighted by Gasteiger charge is -2.04. The summed E-state index contributed by atoms with van der Waals surface area (Å²) < 4.78 is 4.51. The first-order valence-corrected chi connectivity index (χ1v) is 5.27. The van der Waals surface area contributed by atoms with Crippen LogP contribution < -0.4 is 0 Å². The van der Waals surface area contributed by atoms with Crippen molar-refractivity contribution < 1.29 is 14.6 Å². The molecule has 14 heavy (non-hydrogen) atoms. The van der Waals surface area contributed by atoms with Gasteiger partial charge in [0.2, 0.25) is 0 Å². The molecule has 0 aliphatic carbocycles. The van der Waals surface area contributed by atoms with Crippen LogP contribution in [0.3, 0.4) is 0 Å². The molecular formula is C10H11BrO3. The zero-order valence-electron chi connectivity index (χ0n) is 7.79. The van der Waals surface area contributed by atoms with Crippen LogP contribution in [0.25, 0.3) is 0 Å². The number of phenolic OH excluding ortho intramolecular Hbond substituents is 1. The van der Waals surface area contributed by atoms with Crippen LogP contribution >= 0.6 is 15.9 Å². The van der Waals surface area contributed by atoms with E-state index < -0.39 is 5.97 Å². The molecule has 0 bridgehead atoms. The second-order valence-electron chi connectivity index (χ2n) is 2.78. The molecule has 3 nitrogen and oxygen atoms in total. The first kappa shape index (κ1) is 11.0. The standard InChI is InChI=1S/C10H11BrO3/c1-14-10(13)8-3-2-7(4-5-11)6-9(8)12/h2-3,6,12H,4-5H2,1H3. The summed E-state index contributed by atoms with van der Waals surface area (Å²) in [5.41, 5.74) is 1.18. The molecule has 0 amide bonds. The molecule has 0 fully saturated rings. The number of rotatable bonds is 3. The van der Waals surface area contributed by atoms with Gasteiger partial charge in [-0.05, 0) is 24.1 Å². The van der Waals surface area contributed by atoms with E-state index in [-0.39, 0.29) is 11.3 Å². The van der Waals surface area contributed by atoms with E-state index in [2.05, 4.69) is 20.7 Å². The summed E-state index contributed by atoms with van der Waals surface area (Å²) in [6.07, 6.45) is 0.814. The molecule has 0 spiro atoms. The van der Waals surface area contributed by atoms with Crippen molar-refractivity contribution in [1.29, 1.82) is 0 Å². The largest absolute Gasteiger partial charge is 0.507 e. The Morgan fingerprint density at radius 3 is 2.79 bits per heavy atom. The van der Waals surface area contributed by atoms with Crippen molar-refractivity contribution in [1.82, 2.24) is 0 Å². The van der Waals surface area contributed by atoms with E-state index in [9.17, 15) is 9.90 Å². The normalized spacial score (nSPS) is 9.86. The van der Waals surface area contributed by atoms with E-state index in [4.69, 9.17) is 0 Å². The predicted molar refractivity (Wildman–Crippen MR) is 56.9 cm³/mol. The van der Waals surface area contributed by atoms with Crippen LogP contribution in [0.1, 0.15) is 15.9 Å². The molecule has 0 atom stereocenters. The van der Waals surface area contributed by atoms with Crippen molar-refractivity contribution in [2.75, 3.05) is 12.4 Å². The topological polar surface area (TPSA) is 46.5 Å². The quantitative estimate of drug-likeness (QED) is 0.668. The van der Waals surface area contributed by atoms with Gasteiger partial charge in [-0.15, -0.1) is 0 Å². The molecule has 0 aromatic heterocycles. The highest BCUT2D eigenvalue weighted by Crippen LogP contribution is 2.20. The molecule has 1 aromatic rings. The number of methoxy groups -OCH3 is 1. The van der Waals surface area contributed by atoms with E-state index in [1.807, 2.05) is 0 Å². The minimum absolute atomic E-state index is 0.0321. The summed E-state index contributed by atoms with van der Waals surface area (Å²) in [4.78, 5) is 11.1. The number of hydrogen-bond acceptors (Lipinski definition) is 3. The summed E-state index contributed by atoms with van der Waals surface area (Å²) in [6, 6.07) is 4.94. The van der Waals surface area contributed by atoms with Gasteiger partial charge >= 0.3 is 5.97 Å². The number of hydrogen-bond donors (Lipinski definition) is 1. The number of carbonyl (C=O) groups excluding carboxylic acids is 1. The third-order valence-electron chi connectivity index (χ3n) is 1.85. The van der Waals surface area contributed by atoms with Gasteiger partial charge in [0, 0.05) is 5.33 Å². The number of carbonyl (C=O) groups is 1. The molecule has 0 radical (unpaired) electrons. The average Bonchev–Trinajstić information content (AvgIpc) is 2.17. The Labute approximate surface area is 90.8 Å². The van der Waals surface area contributed by atoms with Crippen LogP contribution in [0.15, 0.2) is 18.2 Å². The van der Waals surface area contributed by atoms with E-state index in [1.54, 1.807) is 18.2 Å². The smallest absolute Gasteiger partial charge is 0.341 e. The molecule has 1 rings (SSSR count). The van der Waals surface area contributed by atoms with Crippen LogP contribution in [0.4, 0.5) is 0 Å². The highest BCUT2D eigenvalue weighted by Gasteiger charge is 2.10. The van der Waals surface area contributed by atoms with Crippen molar-refractivity contribution in [3.8, 4) is 5.75 Å². The number of esters is 1. The van der Waals surface area contributed by atoms with Crippen molar-refractivity contribution in [3.05, 3.63) is 29.3 Å². The Morgan fingerprint density at radius 2 is 2.29 bits per heavy atom. The van der Waals surface area contributed by atoms with Gasteiger partial charge in [0.25, 0.3) is 0 Å². The fourth-order valence-electron chi connectivity index (χ4n) is 1.12. The molecule has 0 aliphatic heterocycles. The molecule has 0 aliphatic rings. The molecule has 0 saturated carbocycles. The highest BCUT2D eigenvalue weighted by molar-refractivity contribution is 9.09. The van der Waals surface area contributed by atoms with Gasteiger partial charge in [0.15, 0.2) is 0 Å². The molecule has 0 unspecified atom stereocenters. The molecular weight excluding hydrogens is 248 g/mol. The van der Waals surface area contributed by atoms with Gasteiger partial charge in [-0.25, -0.2) is 4.79 Å². The number of benzene rings is 1. The number of alkyl halides is 1. The molecule has 1 aromatic carbocycles. The Bertz CT molecular complexity index is 336. The lowest BCUT2D eigenvalue weighted by Crippen LogP contribution is -2.01. The maximum Gasteiger partial charge on any atom is 0.341 e. The maximum atomic E-state index is 11.1. The second-order valence-corrected chi connectivity index (χ2v) is 3.58. The fourth-order valence-corrected chi connectivity index (χ4v) is 1.58. The van der Waals surface area contributed by atoms with Crippen molar-refractivity contribution in [2.45, 2.75) is 6.42 Å². The van der Waals surface area contributed by atoms with Gasteiger partial charge in [0.1, 0.15) is 11.3 Å². The molecule has 0 heterocycles. The van der Waals surface area contributed by atoms with Crippen LogP contribution in [0.2, 0.25) is 0 Å². The fraction of sp³-hybridized carbons (Fsp3) is 0.300. The van der Waals surface area contributed by atoms with E-state index >= 15 is 0 Å². The Balaban J connectivity index is 2.95. The van der Waals surface area contributed by atoms with Gasteiger partial charge in [-0.1, -0.05) is 22.0 Å². The summed E-state index contributed by atoms with van der Waals surface area (Å²) in [7, 11) is 1.29. The zero-order valence-corrected chi connectivity index (χ0v) is 9.37. The maximum absolute atomic E-state index is 11.1. The number of halogens is 1. The van der Waals surface area contributed by atoms with Crippen LogP contribution in [0.5, 0.6) is 5.75 Å². The van der Waals surface area contributed by atoms with Crippen molar-refractivity contribution in [2.24, 2.45) is 0 Å². The van der Waals surface area contributed by atoms with Crippen molar-refractivity contribution >= 4 is 21.9 Å². The van der Waals surface area contributed by atoms with E-state index in [0.717, 1.165) is 17.3 Å². The molecule has 4 heteroatoms. The molecule has 76 valence electrons. The van der Waals surface area contributed by atoms with Gasteiger partial charge < -0.3 is 9.84 Å². The SMILES string of the molecule is COC(=O)c1ccc(CCBr)cc1O. The minimum atomic E-state index is -0.520. The van der Waals surface area contributed by atoms with Crippen LogP contribution in [-0.4, -0.2) is 23.5 Å². The number of phenols is 1. The number of aryl methyl sites for hydroxylation is 1. The third-order valence-corrected chi connectivity index (χ3v) is 2.25. The monoisotopic (exact) mass is 258 g/mol. The summed E-state index contributed by atoms with van der Waals surface area (Å²) in [5, 5.41) is 10.3. The first-order chi connectivity index (χ1) is 6.69. The Kier molecular flexibility index (Phi) is 3.95. The Hall–Kier alpha value is -1.03. The summed E-state index contributed by atoms with van der Waals surface area (Å²) in [5.74, 6) is -0.553. The lowest BCUT2D eigenvalue weighted by molar-refractivity contribution is 0.0597. The first-order valence-electron chi connectivity index (χ1n) is 4.15. The summed E-state index contributed by atoms with van der Waals surface area (Å²) in [6.45, 7) is 0. The van der Waals surface area contributed by atoms with Crippen molar-refractivity contribution in [3.63, 3.8) is 0 Å². The number of ether oxygens (including phenoxy) is 1. The average molecular weight is 259 g/mol. The van der Waals surface area contributed by atoms with E-state index in [0.29, 0.717) is 0 Å². The molecule has 0 saturated heterocycles. The van der Waals surface area contributed by atoms with Crippen LogP contribution in [-0.2, 0) is 11.2 Å². The summed E-state index contributed by atoms with van der Waals surface area (Å²) >= 11 is 3.30. The van der Waals surface area contributed by atoms with Gasteiger partial charge in [-0.3, -0.25) is 0 Å². The van der Waals surface area contributed by atoms with Gasteiger partial charge in [0.05, 0.1) is 7.11 Å². The number of aromatic hydroxyl groups is 1. The zero-order chi connectivity index (χ0) is 10.6. The molecule has 1 N–H and O–H groups in total.